The summed E-state index contributed by atoms with van der Waals surface area (Å²) in [4.78, 5) is 21.8. The maximum Gasteiger partial charge on any atom is 0.252 e. The van der Waals surface area contributed by atoms with Gasteiger partial charge in [0.1, 0.15) is 0 Å². The summed E-state index contributed by atoms with van der Waals surface area (Å²) in [6.45, 7) is 12.9. The zero-order valence-corrected chi connectivity index (χ0v) is 21.0. The molecule has 7 heteroatoms. The van der Waals surface area contributed by atoms with E-state index in [1.54, 1.807) is 0 Å². The summed E-state index contributed by atoms with van der Waals surface area (Å²) in [7, 11) is 0. The third kappa shape index (κ3) is 4.07. The molecule has 1 aliphatic rings. The number of aromatic nitrogens is 4. The zero-order chi connectivity index (χ0) is 24.9. The molecule has 1 aliphatic heterocycles. The van der Waals surface area contributed by atoms with Crippen molar-refractivity contribution in [3.05, 3.63) is 76.0 Å². The number of carbonyl (C=O) groups excluding carboxylic acids is 1. The molecule has 4 aromatic rings. The van der Waals surface area contributed by atoms with Gasteiger partial charge in [-0.1, -0.05) is 18.2 Å². The van der Waals surface area contributed by atoms with Crippen LogP contribution >= 0.6 is 0 Å². The largest absolute Gasteiger partial charge is 0.345 e. The summed E-state index contributed by atoms with van der Waals surface area (Å²) in [6, 6.07) is 14.4. The van der Waals surface area contributed by atoms with Crippen molar-refractivity contribution in [2.75, 3.05) is 5.32 Å². The quantitative estimate of drug-likeness (QED) is 0.388. The minimum absolute atomic E-state index is 0.00808. The van der Waals surface area contributed by atoms with Gasteiger partial charge in [-0.15, -0.1) is 5.10 Å². The molecule has 0 aliphatic carbocycles. The normalized spacial score (nSPS) is 14.7. The summed E-state index contributed by atoms with van der Waals surface area (Å²) >= 11 is 0. The molecular weight excluding hydrogens is 436 g/mol. The van der Waals surface area contributed by atoms with Crippen LogP contribution in [0.25, 0.3) is 22.6 Å². The van der Waals surface area contributed by atoms with Crippen LogP contribution in [0.1, 0.15) is 58.2 Å². The number of amides is 1. The molecule has 1 atom stereocenters. The Balaban J connectivity index is 1.48. The van der Waals surface area contributed by atoms with Crippen LogP contribution in [0, 0.1) is 27.7 Å². The van der Waals surface area contributed by atoms with E-state index >= 15 is 0 Å². The summed E-state index contributed by atoms with van der Waals surface area (Å²) in [5.41, 5.74) is 10.0. The molecule has 2 N–H and O–H groups in total. The van der Waals surface area contributed by atoms with Crippen molar-refractivity contribution in [3.63, 3.8) is 0 Å². The SMILES string of the molecule is CCn1nc(-c2ccc(-c3nc(C)ccc3C)c(C)c2)nc1Nc1cc2c(cc1C)C(=O)NC2C. The van der Waals surface area contributed by atoms with E-state index in [1.807, 2.05) is 50.6 Å². The lowest BCUT2D eigenvalue weighted by molar-refractivity contribution is 0.0958. The van der Waals surface area contributed by atoms with Gasteiger partial charge in [0.15, 0.2) is 5.82 Å². The predicted octanol–water partition coefficient (Wildman–Crippen LogP) is 5.81. The van der Waals surface area contributed by atoms with E-state index < -0.39 is 0 Å². The number of fused-ring (bicyclic) bond motifs is 1. The first-order valence-electron chi connectivity index (χ1n) is 12.0. The molecule has 35 heavy (non-hydrogen) atoms. The maximum atomic E-state index is 12.2. The van der Waals surface area contributed by atoms with Crippen LogP contribution in [-0.4, -0.2) is 25.7 Å². The van der Waals surface area contributed by atoms with Gasteiger partial charge in [0.25, 0.3) is 5.91 Å². The highest BCUT2D eigenvalue weighted by Crippen LogP contribution is 2.33. The van der Waals surface area contributed by atoms with Crippen molar-refractivity contribution in [3.8, 4) is 22.6 Å². The van der Waals surface area contributed by atoms with Crippen LogP contribution in [0.15, 0.2) is 42.5 Å². The number of hydrogen-bond donors (Lipinski definition) is 2. The second kappa shape index (κ2) is 8.65. The molecule has 2 aromatic heterocycles. The average Bonchev–Trinajstić information content (AvgIpc) is 3.36. The Bertz CT molecular complexity index is 1470. The topological polar surface area (TPSA) is 84.7 Å². The van der Waals surface area contributed by atoms with E-state index in [2.05, 4.69) is 48.7 Å². The standard InChI is InChI=1S/C28H30N6O/c1-7-34-28(31-24-14-22-19(6)30-27(35)23(22)13-17(24)4)32-26(33-34)20-10-11-21(16(3)12-20)25-15(2)8-9-18(5)29-25/h8-14,19H,7H2,1-6H3,(H,30,35)(H,31,32,33). The lowest BCUT2D eigenvalue weighted by atomic mass is 9.99. The number of nitrogens with zero attached hydrogens (tertiary/aromatic N) is 4. The summed E-state index contributed by atoms with van der Waals surface area (Å²) in [5.74, 6) is 1.33. The first kappa shape index (κ1) is 22.8. The van der Waals surface area contributed by atoms with Crippen molar-refractivity contribution in [2.45, 2.75) is 54.1 Å². The summed E-state index contributed by atoms with van der Waals surface area (Å²) in [5, 5.41) is 11.2. The second-order valence-electron chi connectivity index (χ2n) is 9.30. The average molecular weight is 467 g/mol. The molecule has 2 aromatic carbocycles. The van der Waals surface area contributed by atoms with E-state index in [0.717, 1.165) is 56.0 Å². The number of carbonyl (C=O) groups is 1. The molecule has 0 radical (unpaired) electrons. The van der Waals surface area contributed by atoms with E-state index in [0.29, 0.717) is 18.3 Å². The highest BCUT2D eigenvalue weighted by Gasteiger charge is 2.26. The van der Waals surface area contributed by atoms with Gasteiger partial charge in [-0.3, -0.25) is 9.78 Å². The Labute approximate surface area is 205 Å². The van der Waals surface area contributed by atoms with Crippen molar-refractivity contribution in [1.29, 1.82) is 0 Å². The van der Waals surface area contributed by atoms with Crippen molar-refractivity contribution in [2.24, 2.45) is 0 Å². The Morgan fingerprint density at radius 1 is 0.943 bits per heavy atom. The third-order valence-electron chi connectivity index (χ3n) is 6.65. The van der Waals surface area contributed by atoms with Crippen LogP contribution in [0.4, 0.5) is 11.6 Å². The molecular formula is C28H30N6O. The number of benzene rings is 2. The van der Waals surface area contributed by atoms with E-state index in [4.69, 9.17) is 15.1 Å². The molecule has 178 valence electrons. The molecule has 0 saturated heterocycles. The molecule has 0 fully saturated rings. The van der Waals surface area contributed by atoms with Crippen LogP contribution in [0.3, 0.4) is 0 Å². The molecule has 7 nitrogen and oxygen atoms in total. The Morgan fingerprint density at radius 3 is 2.49 bits per heavy atom. The van der Waals surface area contributed by atoms with Gasteiger partial charge in [-0.05, 0) is 88.1 Å². The minimum Gasteiger partial charge on any atom is -0.345 e. The molecule has 1 unspecified atom stereocenters. The number of hydrogen-bond acceptors (Lipinski definition) is 5. The Kier molecular flexibility index (Phi) is 5.63. The third-order valence-corrected chi connectivity index (χ3v) is 6.65. The Hall–Kier alpha value is -4.00. The van der Waals surface area contributed by atoms with Gasteiger partial charge in [0, 0.05) is 34.6 Å². The predicted molar refractivity (Wildman–Crippen MR) is 139 cm³/mol. The van der Waals surface area contributed by atoms with Gasteiger partial charge >= 0.3 is 0 Å². The number of anilines is 2. The maximum absolute atomic E-state index is 12.2. The fourth-order valence-electron chi connectivity index (χ4n) is 4.63. The summed E-state index contributed by atoms with van der Waals surface area (Å²) < 4.78 is 1.87. The van der Waals surface area contributed by atoms with Crippen molar-refractivity contribution < 1.29 is 4.79 Å². The second-order valence-corrected chi connectivity index (χ2v) is 9.30. The first-order chi connectivity index (χ1) is 16.7. The lowest BCUT2D eigenvalue weighted by Crippen LogP contribution is -2.16. The molecule has 5 rings (SSSR count). The smallest absolute Gasteiger partial charge is 0.252 e. The zero-order valence-electron chi connectivity index (χ0n) is 21.0. The minimum atomic E-state index is -0.0176. The number of pyridine rings is 1. The number of nitrogens with one attached hydrogen (secondary N) is 2. The molecule has 3 heterocycles. The van der Waals surface area contributed by atoms with E-state index in [-0.39, 0.29) is 11.9 Å². The fraction of sp³-hybridized carbons (Fsp3) is 0.286. The van der Waals surface area contributed by atoms with Gasteiger partial charge in [-0.25, -0.2) is 4.68 Å². The number of aryl methyl sites for hydroxylation is 5. The molecule has 1 amide bonds. The summed E-state index contributed by atoms with van der Waals surface area (Å²) in [6.07, 6.45) is 0. The number of rotatable bonds is 5. The van der Waals surface area contributed by atoms with Crippen LogP contribution in [0.5, 0.6) is 0 Å². The lowest BCUT2D eigenvalue weighted by Gasteiger charge is -2.12. The first-order valence-corrected chi connectivity index (χ1v) is 12.0. The van der Waals surface area contributed by atoms with Gasteiger partial charge < -0.3 is 10.6 Å². The van der Waals surface area contributed by atoms with Crippen molar-refractivity contribution >= 4 is 17.5 Å². The Morgan fingerprint density at radius 2 is 1.74 bits per heavy atom. The van der Waals surface area contributed by atoms with Gasteiger partial charge in [0.2, 0.25) is 5.95 Å². The van der Waals surface area contributed by atoms with Crippen molar-refractivity contribution in [1.82, 2.24) is 25.1 Å². The van der Waals surface area contributed by atoms with E-state index in [9.17, 15) is 4.79 Å². The molecule has 0 saturated carbocycles. The molecule has 0 spiro atoms. The van der Waals surface area contributed by atoms with E-state index in [1.165, 1.54) is 0 Å². The highest BCUT2D eigenvalue weighted by molar-refractivity contribution is 6.00. The van der Waals surface area contributed by atoms with Crippen LogP contribution < -0.4 is 10.6 Å². The van der Waals surface area contributed by atoms with Gasteiger partial charge in [0.05, 0.1) is 11.7 Å². The van der Waals surface area contributed by atoms with Crippen LogP contribution in [0.2, 0.25) is 0 Å². The van der Waals surface area contributed by atoms with Crippen LogP contribution in [-0.2, 0) is 6.54 Å². The highest BCUT2D eigenvalue weighted by atomic mass is 16.2. The molecule has 0 bridgehead atoms. The van der Waals surface area contributed by atoms with Gasteiger partial charge in [-0.2, -0.15) is 4.98 Å². The monoisotopic (exact) mass is 466 g/mol. The fourth-order valence-corrected chi connectivity index (χ4v) is 4.63.